The van der Waals surface area contributed by atoms with E-state index in [1.807, 2.05) is 0 Å². The van der Waals surface area contributed by atoms with Crippen LogP contribution < -0.4 is 5.56 Å². The Balaban J connectivity index is 1.98. The van der Waals surface area contributed by atoms with Crippen molar-refractivity contribution in [3.8, 4) is 5.75 Å². The predicted molar refractivity (Wildman–Crippen MR) is 83.4 cm³/mol. The van der Waals surface area contributed by atoms with Crippen molar-refractivity contribution in [2.45, 2.75) is 19.4 Å². The van der Waals surface area contributed by atoms with E-state index in [0.717, 1.165) is 19.6 Å². The Morgan fingerprint density at radius 1 is 1.19 bits per heavy atom. The lowest BCUT2D eigenvalue weighted by molar-refractivity contribution is 0.320. The van der Waals surface area contributed by atoms with E-state index in [0.29, 0.717) is 6.54 Å². The number of rotatable bonds is 3. The highest BCUT2D eigenvalue weighted by Gasteiger charge is 2.16. The zero-order valence-corrected chi connectivity index (χ0v) is 12.9. The normalized spacial score (nSPS) is 15.9. The molecule has 2 heterocycles. The Morgan fingerprint density at radius 3 is 2.62 bits per heavy atom. The molecule has 0 radical (unpaired) electrons. The van der Waals surface area contributed by atoms with Crippen LogP contribution in [0.1, 0.15) is 12.8 Å². The first-order valence-corrected chi connectivity index (χ1v) is 7.62. The van der Waals surface area contributed by atoms with Crippen LogP contribution in [-0.2, 0) is 6.54 Å². The number of hydrogen-bond donors (Lipinski definition) is 1. The number of aromatic hydroxyl groups is 1. The van der Waals surface area contributed by atoms with E-state index in [9.17, 15) is 9.90 Å². The summed E-state index contributed by atoms with van der Waals surface area (Å²) in [5, 5.41) is 10.4. The number of hydrogen-bond acceptors (Lipinski definition) is 4. The minimum absolute atomic E-state index is 0.0919. The summed E-state index contributed by atoms with van der Waals surface area (Å²) in [6.45, 7) is 3.52. The highest BCUT2D eigenvalue weighted by molar-refractivity contribution is 6.39. The molecule has 0 bridgehead atoms. The average molecular weight is 328 g/mol. The van der Waals surface area contributed by atoms with Gasteiger partial charge in [-0.05, 0) is 32.0 Å². The van der Waals surface area contributed by atoms with Gasteiger partial charge in [0.05, 0.1) is 21.8 Å². The summed E-state index contributed by atoms with van der Waals surface area (Å²) in [6.07, 6.45) is 3.86. The molecule has 1 aliphatic heterocycles. The van der Waals surface area contributed by atoms with Gasteiger partial charge in [0.25, 0.3) is 5.56 Å². The predicted octanol–water partition coefficient (Wildman–Crippen LogP) is 2.50. The van der Waals surface area contributed by atoms with Crippen molar-refractivity contribution >= 4 is 34.1 Å². The molecule has 1 saturated heterocycles. The molecule has 1 aliphatic rings. The van der Waals surface area contributed by atoms with Crippen LogP contribution in [0.2, 0.25) is 10.0 Å². The van der Waals surface area contributed by atoms with Gasteiger partial charge in [0.15, 0.2) is 5.75 Å². The third kappa shape index (κ3) is 2.73. The molecule has 0 unspecified atom stereocenters. The Labute approximate surface area is 131 Å². The molecule has 1 aromatic carbocycles. The van der Waals surface area contributed by atoms with E-state index in [1.54, 1.807) is 0 Å². The summed E-state index contributed by atoms with van der Waals surface area (Å²) in [6, 6.07) is 1.37. The average Bonchev–Trinajstić information content (AvgIpc) is 2.96. The molecule has 0 saturated carbocycles. The van der Waals surface area contributed by atoms with Crippen LogP contribution in [0.5, 0.6) is 5.75 Å². The van der Waals surface area contributed by atoms with Crippen LogP contribution in [0.15, 0.2) is 17.2 Å². The zero-order valence-electron chi connectivity index (χ0n) is 11.4. The number of aromatic nitrogens is 2. The van der Waals surface area contributed by atoms with Gasteiger partial charge in [-0.15, -0.1) is 0 Å². The van der Waals surface area contributed by atoms with Crippen LogP contribution >= 0.6 is 23.2 Å². The Morgan fingerprint density at radius 2 is 1.90 bits per heavy atom. The summed E-state index contributed by atoms with van der Waals surface area (Å²) in [5.74, 6) is -0.208. The van der Waals surface area contributed by atoms with Crippen molar-refractivity contribution in [1.82, 2.24) is 14.5 Å². The maximum atomic E-state index is 12.5. The summed E-state index contributed by atoms with van der Waals surface area (Å²) in [7, 11) is 0. The van der Waals surface area contributed by atoms with Gasteiger partial charge in [-0.2, -0.15) is 0 Å². The Bertz CT molecular complexity index is 739. The maximum Gasteiger partial charge on any atom is 0.262 e. The molecule has 3 rings (SSSR count). The summed E-state index contributed by atoms with van der Waals surface area (Å²) >= 11 is 11.9. The SMILES string of the molecule is O=c1c2c(Cl)cc(Cl)c(O)c2ncn1CCN1CCCC1. The first-order valence-electron chi connectivity index (χ1n) is 6.86. The number of halogens is 2. The van der Waals surface area contributed by atoms with E-state index in [1.165, 1.54) is 29.8 Å². The van der Waals surface area contributed by atoms with E-state index in [2.05, 4.69) is 9.88 Å². The zero-order chi connectivity index (χ0) is 15.0. The quantitative estimate of drug-likeness (QED) is 0.941. The molecular weight excluding hydrogens is 313 g/mol. The van der Waals surface area contributed by atoms with E-state index in [-0.39, 0.29) is 32.3 Å². The number of likely N-dealkylation sites (tertiary alicyclic amines) is 1. The summed E-state index contributed by atoms with van der Waals surface area (Å²) < 4.78 is 1.53. The number of fused-ring (bicyclic) bond motifs is 1. The second-order valence-corrected chi connectivity index (χ2v) is 6.02. The topological polar surface area (TPSA) is 58.4 Å². The first-order chi connectivity index (χ1) is 10.1. The molecule has 1 fully saturated rings. The van der Waals surface area contributed by atoms with E-state index < -0.39 is 0 Å². The van der Waals surface area contributed by atoms with Gasteiger partial charge in [-0.25, -0.2) is 4.98 Å². The Hall–Kier alpha value is -1.30. The molecule has 1 aromatic heterocycles. The van der Waals surface area contributed by atoms with Gasteiger partial charge in [0.1, 0.15) is 5.52 Å². The van der Waals surface area contributed by atoms with Gasteiger partial charge in [-0.3, -0.25) is 9.36 Å². The fourth-order valence-electron chi connectivity index (χ4n) is 2.66. The lowest BCUT2D eigenvalue weighted by Crippen LogP contribution is -2.29. The molecule has 7 heteroatoms. The summed E-state index contributed by atoms with van der Waals surface area (Å²) in [5.41, 5.74) is -0.105. The van der Waals surface area contributed by atoms with Crippen molar-refractivity contribution in [2.75, 3.05) is 19.6 Å². The van der Waals surface area contributed by atoms with Crippen molar-refractivity contribution in [1.29, 1.82) is 0 Å². The molecular formula is C14H15Cl2N3O2. The van der Waals surface area contributed by atoms with Crippen LogP contribution in [0.3, 0.4) is 0 Å². The highest BCUT2D eigenvalue weighted by Crippen LogP contribution is 2.34. The number of benzene rings is 1. The molecule has 1 N–H and O–H groups in total. The van der Waals surface area contributed by atoms with Crippen molar-refractivity contribution in [2.24, 2.45) is 0 Å². The highest BCUT2D eigenvalue weighted by atomic mass is 35.5. The molecule has 0 spiro atoms. The number of nitrogens with zero attached hydrogens (tertiary/aromatic N) is 3. The van der Waals surface area contributed by atoms with Crippen LogP contribution in [0, 0.1) is 0 Å². The van der Waals surface area contributed by atoms with Gasteiger partial charge >= 0.3 is 0 Å². The third-order valence-electron chi connectivity index (χ3n) is 3.84. The number of phenols is 1. The summed E-state index contributed by atoms with van der Waals surface area (Å²) in [4.78, 5) is 18.9. The minimum atomic E-state index is -0.254. The van der Waals surface area contributed by atoms with Crippen molar-refractivity contribution in [3.05, 3.63) is 32.8 Å². The standard InChI is InChI=1S/C14H15Cl2N3O2/c15-9-7-10(16)13(20)12-11(9)14(21)19(8-17-12)6-5-18-3-1-2-4-18/h7-8,20H,1-6H2. The second kappa shape index (κ2) is 5.83. The Kier molecular flexibility index (Phi) is 4.06. The van der Waals surface area contributed by atoms with Crippen LogP contribution in [0.4, 0.5) is 0 Å². The van der Waals surface area contributed by atoms with Gasteiger partial charge in [0.2, 0.25) is 0 Å². The van der Waals surface area contributed by atoms with Crippen LogP contribution in [0.25, 0.3) is 10.9 Å². The fraction of sp³-hybridized carbons (Fsp3) is 0.429. The molecule has 5 nitrogen and oxygen atoms in total. The lowest BCUT2D eigenvalue weighted by Gasteiger charge is -2.15. The first kappa shape index (κ1) is 14.6. The molecule has 0 atom stereocenters. The fourth-order valence-corrected chi connectivity index (χ4v) is 3.20. The van der Waals surface area contributed by atoms with E-state index >= 15 is 0 Å². The molecule has 112 valence electrons. The molecule has 0 amide bonds. The monoisotopic (exact) mass is 327 g/mol. The minimum Gasteiger partial charge on any atom is -0.504 e. The third-order valence-corrected chi connectivity index (χ3v) is 4.42. The van der Waals surface area contributed by atoms with Gasteiger partial charge in [-0.1, -0.05) is 23.2 Å². The second-order valence-electron chi connectivity index (χ2n) is 5.20. The molecule has 21 heavy (non-hydrogen) atoms. The van der Waals surface area contributed by atoms with Crippen molar-refractivity contribution in [3.63, 3.8) is 0 Å². The maximum absolute atomic E-state index is 12.5. The van der Waals surface area contributed by atoms with E-state index in [4.69, 9.17) is 23.2 Å². The van der Waals surface area contributed by atoms with Crippen LogP contribution in [-0.4, -0.2) is 39.2 Å². The van der Waals surface area contributed by atoms with Gasteiger partial charge < -0.3 is 10.0 Å². The van der Waals surface area contributed by atoms with Gasteiger partial charge in [0, 0.05) is 13.1 Å². The van der Waals surface area contributed by atoms with Crippen molar-refractivity contribution < 1.29 is 5.11 Å². The largest absolute Gasteiger partial charge is 0.504 e. The molecule has 2 aromatic rings. The lowest BCUT2D eigenvalue weighted by atomic mass is 10.2. The smallest absolute Gasteiger partial charge is 0.262 e. The molecule has 0 aliphatic carbocycles. The number of phenolic OH excluding ortho intramolecular Hbond substituents is 1.